The zero-order chi connectivity index (χ0) is 11.1. The molecule has 0 saturated heterocycles. The summed E-state index contributed by atoms with van der Waals surface area (Å²) in [5.74, 6) is 0. The van der Waals surface area contributed by atoms with Crippen LogP contribution in [0.2, 0.25) is 0 Å². The molecule has 0 amide bonds. The highest BCUT2D eigenvalue weighted by molar-refractivity contribution is 7.80. The highest BCUT2D eigenvalue weighted by Gasteiger charge is 2.30. The van der Waals surface area contributed by atoms with E-state index in [9.17, 15) is 13.2 Å². The average Bonchev–Trinajstić information content (AvgIpc) is 2.16. The van der Waals surface area contributed by atoms with Crippen LogP contribution in [-0.4, -0.2) is 0 Å². The molecule has 0 aliphatic heterocycles. The Labute approximate surface area is 90.1 Å². The van der Waals surface area contributed by atoms with Gasteiger partial charge in [-0.25, -0.2) is 0 Å². The van der Waals surface area contributed by atoms with Crippen LogP contribution >= 0.6 is 12.6 Å². The predicted molar refractivity (Wildman–Crippen MR) is 56.2 cm³/mol. The molecule has 0 fully saturated rings. The molecule has 0 nitrogen and oxygen atoms in total. The van der Waals surface area contributed by atoms with Crippen molar-refractivity contribution < 1.29 is 13.2 Å². The van der Waals surface area contributed by atoms with Crippen LogP contribution in [0.1, 0.15) is 5.56 Å². The van der Waals surface area contributed by atoms with E-state index in [0.29, 0.717) is 10.3 Å². The molecule has 0 saturated carbocycles. The van der Waals surface area contributed by atoms with Crippen molar-refractivity contribution in [3.8, 4) is 0 Å². The van der Waals surface area contributed by atoms with Crippen LogP contribution in [0.15, 0.2) is 41.3 Å². The topological polar surface area (TPSA) is 0 Å². The number of halogens is 3. The summed E-state index contributed by atoms with van der Waals surface area (Å²) in [6.45, 7) is 0. The average molecular weight is 228 g/mol. The number of hydrogen-bond acceptors (Lipinski definition) is 1. The Bertz CT molecular complexity index is 503. The number of hydrogen-bond donors (Lipinski definition) is 1. The summed E-state index contributed by atoms with van der Waals surface area (Å²) >= 11 is 4.18. The van der Waals surface area contributed by atoms with Crippen molar-refractivity contribution in [2.45, 2.75) is 11.1 Å². The molecule has 0 aromatic heterocycles. The van der Waals surface area contributed by atoms with Gasteiger partial charge in [0.05, 0.1) is 5.56 Å². The van der Waals surface area contributed by atoms with Crippen molar-refractivity contribution in [3.05, 3.63) is 42.0 Å². The van der Waals surface area contributed by atoms with E-state index in [-0.39, 0.29) is 0 Å². The first kappa shape index (κ1) is 10.4. The van der Waals surface area contributed by atoms with Crippen LogP contribution in [0.25, 0.3) is 10.8 Å². The first-order valence-corrected chi connectivity index (χ1v) is 4.72. The van der Waals surface area contributed by atoms with Crippen molar-refractivity contribution in [1.29, 1.82) is 0 Å². The third-order valence-corrected chi connectivity index (χ3v) is 2.57. The number of fused-ring (bicyclic) bond motifs is 1. The third kappa shape index (κ3) is 1.95. The standard InChI is InChI=1S/C11H7F3S/c12-11(13,14)8-4-5-9-7(6-8)2-1-3-10(9)15/h1-6,15H. The van der Waals surface area contributed by atoms with Crippen molar-refractivity contribution in [2.75, 3.05) is 0 Å². The number of alkyl halides is 3. The van der Waals surface area contributed by atoms with Gasteiger partial charge in [0, 0.05) is 4.90 Å². The van der Waals surface area contributed by atoms with Crippen LogP contribution in [0, 0.1) is 0 Å². The van der Waals surface area contributed by atoms with Gasteiger partial charge in [0.15, 0.2) is 0 Å². The van der Waals surface area contributed by atoms with E-state index in [0.717, 1.165) is 17.5 Å². The van der Waals surface area contributed by atoms with Crippen molar-refractivity contribution >= 4 is 23.4 Å². The molecule has 2 aromatic carbocycles. The van der Waals surface area contributed by atoms with Crippen LogP contribution in [-0.2, 0) is 6.18 Å². The third-order valence-electron chi connectivity index (χ3n) is 2.18. The largest absolute Gasteiger partial charge is 0.416 e. The molecule has 2 rings (SSSR count). The van der Waals surface area contributed by atoms with E-state index < -0.39 is 11.7 Å². The minimum Gasteiger partial charge on any atom is -0.166 e. The first-order chi connectivity index (χ1) is 6.98. The van der Waals surface area contributed by atoms with Crippen LogP contribution in [0.3, 0.4) is 0 Å². The highest BCUT2D eigenvalue weighted by Crippen LogP contribution is 2.32. The van der Waals surface area contributed by atoms with Crippen molar-refractivity contribution in [2.24, 2.45) is 0 Å². The summed E-state index contributed by atoms with van der Waals surface area (Å²) in [5, 5.41) is 1.28. The zero-order valence-electron chi connectivity index (χ0n) is 7.55. The van der Waals surface area contributed by atoms with Crippen LogP contribution in [0.5, 0.6) is 0 Å². The van der Waals surface area contributed by atoms with Gasteiger partial charge >= 0.3 is 6.18 Å². The lowest BCUT2D eigenvalue weighted by molar-refractivity contribution is -0.137. The second-order valence-corrected chi connectivity index (χ2v) is 3.69. The molecule has 0 radical (unpaired) electrons. The van der Waals surface area contributed by atoms with Gasteiger partial charge in [-0.15, -0.1) is 12.6 Å². The van der Waals surface area contributed by atoms with Crippen molar-refractivity contribution in [1.82, 2.24) is 0 Å². The molecule has 0 atom stereocenters. The maximum atomic E-state index is 12.4. The summed E-state index contributed by atoms with van der Waals surface area (Å²) in [6.07, 6.45) is -4.29. The monoisotopic (exact) mass is 228 g/mol. The molecule has 0 bridgehead atoms. The lowest BCUT2D eigenvalue weighted by atomic mass is 10.1. The van der Waals surface area contributed by atoms with Crippen molar-refractivity contribution in [3.63, 3.8) is 0 Å². The van der Waals surface area contributed by atoms with Gasteiger partial charge in [-0.2, -0.15) is 13.2 Å². The van der Waals surface area contributed by atoms with Crippen LogP contribution in [0.4, 0.5) is 13.2 Å². The normalized spacial score (nSPS) is 12.0. The summed E-state index contributed by atoms with van der Waals surface area (Å²) in [4.78, 5) is 0.682. The van der Waals surface area contributed by atoms with E-state index in [1.165, 1.54) is 6.07 Å². The SMILES string of the molecule is FC(F)(F)c1ccc2c(S)cccc2c1. The molecule has 4 heteroatoms. The molecule has 0 N–H and O–H groups in total. The second-order valence-electron chi connectivity index (χ2n) is 3.21. The predicted octanol–water partition coefficient (Wildman–Crippen LogP) is 4.15. The van der Waals surface area contributed by atoms with Gasteiger partial charge in [0.1, 0.15) is 0 Å². The van der Waals surface area contributed by atoms with Crippen LogP contribution < -0.4 is 0 Å². The number of rotatable bonds is 0. The molecule has 2 aromatic rings. The maximum absolute atomic E-state index is 12.4. The fraction of sp³-hybridized carbons (Fsp3) is 0.0909. The minimum absolute atomic E-state index is 0.553. The Kier molecular flexibility index (Phi) is 2.38. The summed E-state index contributed by atoms with van der Waals surface area (Å²) in [6, 6.07) is 8.73. The highest BCUT2D eigenvalue weighted by atomic mass is 32.1. The van der Waals surface area contributed by atoms with E-state index in [1.807, 2.05) is 0 Å². The Morgan fingerprint density at radius 3 is 2.40 bits per heavy atom. The molecule has 0 heterocycles. The smallest absolute Gasteiger partial charge is 0.166 e. The maximum Gasteiger partial charge on any atom is 0.416 e. The second kappa shape index (κ2) is 3.45. The number of thiol groups is 1. The Hall–Kier alpha value is -1.16. The quantitative estimate of drug-likeness (QED) is 0.643. The van der Waals surface area contributed by atoms with E-state index >= 15 is 0 Å². The van der Waals surface area contributed by atoms with E-state index in [2.05, 4.69) is 12.6 Å². The van der Waals surface area contributed by atoms with Gasteiger partial charge in [0.25, 0.3) is 0 Å². The van der Waals surface area contributed by atoms with Gasteiger partial charge in [-0.3, -0.25) is 0 Å². The lowest BCUT2D eigenvalue weighted by Gasteiger charge is -2.08. The molecule has 0 unspecified atom stereocenters. The minimum atomic E-state index is -4.29. The Morgan fingerprint density at radius 1 is 1.00 bits per heavy atom. The van der Waals surface area contributed by atoms with Gasteiger partial charge in [-0.1, -0.05) is 18.2 Å². The first-order valence-electron chi connectivity index (χ1n) is 4.27. The molecular formula is C11H7F3S. The molecule has 78 valence electrons. The molecule has 15 heavy (non-hydrogen) atoms. The molecular weight excluding hydrogens is 221 g/mol. The van der Waals surface area contributed by atoms with E-state index in [1.54, 1.807) is 18.2 Å². The summed E-state index contributed by atoms with van der Waals surface area (Å²) in [5.41, 5.74) is -0.631. The van der Waals surface area contributed by atoms with Gasteiger partial charge in [0.2, 0.25) is 0 Å². The fourth-order valence-corrected chi connectivity index (χ4v) is 1.73. The fourth-order valence-electron chi connectivity index (χ4n) is 1.44. The Balaban J connectivity index is 2.68. The summed E-state index contributed by atoms with van der Waals surface area (Å²) in [7, 11) is 0. The lowest BCUT2D eigenvalue weighted by Crippen LogP contribution is -2.04. The molecule has 0 aliphatic rings. The Morgan fingerprint density at radius 2 is 1.73 bits per heavy atom. The van der Waals surface area contributed by atoms with Gasteiger partial charge < -0.3 is 0 Å². The molecule has 0 aliphatic carbocycles. The summed E-state index contributed by atoms with van der Waals surface area (Å²) < 4.78 is 37.2. The van der Waals surface area contributed by atoms with E-state index in [4.69, 9.17) is 0 Å². The number of benzene rings is 2. The van der Waals surface area contributed by atoms with Gasteiger partial charge in [-0.05, 0) is 29.0 Å². The molecule has 0 spiro atoms. The zero-order valence-corrected chi connectivity index (χ0v) is 8.44.